The Kier molecular flexibility index (Phi) is 7.68. The molecule has 2 nitrogen and oxygen atoms in total. The number of hydrogen-bond acceptors (Lipinski definition) is 0. The zero-order valence-corrected chi connectivity index (χ0v) is 16.3. The Labute approximate surface area is 148 Å². The van der Waals surface area contributed by atoms with Gasteiger partial charge in [0.1, 0.15) is 0 Å². The van der Waals surface area contributed by atoms with E-state index >= 15 is 0 Å². The van der Waals surface area contributed by atoms with Crippen LogP contribution in [-0.4, -0.2) is 9.35 Å². The largest absolute Gasteiger partial charge is 0.261 e. The molecule has 0 saturated carbocycles. The molecule has 0 radical (unpaired) electrons. The molecular weight excluding hydrogens is 292 g/mol. The van der Waals surface area contributed by atoms with Crippen LogP contribution in [0.3, 0.4) is 0 Å². The molecule has 0 aliphatic heterocycles. The Morgan fingerprint density at radius 3 is 1.62 bits per heavy atom. The maximum absolute atomic E-state index is 2.44. The Hall–Kier alpha value is -1.44. The number of hydrogen-bond donors (Lipinski definition) is 0. The quantitative estimate of drug-likeness (QED) is 0.465. The van der Waals surface area contributed by atoms with Crippen molar-refractivity contribution in [3.63, 3.8) is 0 Å². The van der Waals surface area contributed by atoms with E-state index in [-0.39, 0.29) is 0 Å². The van der Waals surface area contributed by atoms with Crippen LogP contribution in [0.25, 0.3) is 0 Å². The second-order valence-corrected chi connectivity index (χ2v) is 7.08. The molecule has 2 aromatic rings. The molecule has 0 aromatic carbocycles. The first-order valence-corrected chi connectivity index (χ1v) is 10.1. The maximum atomic E-state index is 2.44. The summed E-state index contributed by atoms with van der Waals surface area (Å²) in [5, 5.41) is 0. The van der Waals surface area contributed by atoms with E-state index in [0.717, 1.165) is 6.42 Å². The molecule has 2 rings (SSSR count). The molecule has 0 atom stereocenters. The Balaban J connectivity index is 2.38. The minimum absolute atomic E-state index is 1.15. The smallest absolute Gasteiger partial charge is 0.0407 e. The number of aromatic nitrogens is 2. The molecule has 2 heteroatoms. The van der Waals surface area contributed by atoms with Crippen molar-refractivity contribution in [3.05, 3.63) is 47.0 Å². The van der Waals surface area contributed by atoms with Gasteiger partial charge in [0.25, 0.3) is 0 Å². The summed E-state index contributed by atoms with van der Waals surface area (Å²) in [6.45, 7) is 9.10. The van der Waals surface area contributed by atoms with E-state index in [1.54, 1.807) is 0 Å². The van der Waals surface area contributed by atoms with E-state index in [2.05, 4.69) is 61.6 Å². The van der Waals surface area contributed by atoms with Crippen LogP contribution in [0.15, 0.2) is 24.5 Å². The van der Waals surface area contributed by atoms with E-state index in [9.17, 15) is 0 Å². The van der Waals surface area contributed by atoms with Crippen LogP contribution in [0.5, 0.6) is 0 Å². The van der Waals surface area contributed by atoms with Crippen molar-refractivity contribution in [2.24, 2.45) is 0 Å². The van der Waals surface area contributed by atoms with Crippen LogP contribution in [-0.2, 0) is 25.7 Å². The van der Waals surface area contributed by atoms with Crippen molar-refractivity contribution in [2.75, 3.05) is 0 Å². The summed E-state index contributed by atoms with van der Waals surface area (Å²) < 4.78 is 4.86. The fourth-order valence-electron chi connectivity index (χ4n) is 3.45. The summed E-state index contributed by atoms with van der Waals surface area (Å²) in [6, 6.07) is 4.86. The van der Waals surface area contributed by atoms with Gasteiger partial charge in [-0.1, -0.05) is 53.4 Å². The lowest BCUT2D eigenvalue weighted by Crippen LogP contribution is -2.13. The van der Waals surface area contributed by atoms with Gasteiger partial charge in [0.15, 0.2) is 0 Å². The molecule has 0 N–H and O–H groups in total. The minimum atomic E-state index is 1.15. The highest BCUT2D eigenvalue weighted by Gasteiger charge is 2.12. The summed E-state index contributed by atoms with van der Waals surface area (Å²) in [6.07, 6.45) is 16.9. The van der Waals surface area contributed by atoms with Gasteiger partial charge in [0.2, 0.25) is 0 Å². The van der Waals surface area contributed by atoms with Gasteiger partial charge in [-0.15, -0.1) is 0 Å². The van der Waals surface area contributed by atoms with Gasteiger partial charge in [0.05, 0.1) is 0 Å². The molecule has 0 spiro atoms. The zero-order valence-electron chi connectivity index (χ0n) is 16.3. The van der Waals surface area contributed by atoms with E-state index in [1.165, 1.54) is 80.3 Å². The second-order valence-electron chi connectivity index (χ2n) is 7.08. The third-order valence-electron chi connectivity index (χ3n) is 4.75. The Morgan fingerprint density at radius 2 is 1.08 bits per heavy atom. The van der Waals surface area contributed by atoms with Crippen molar-refractivity contribution >= 4 is 0 Å². The van der Waals surface area contributed by atoms with Gasteiger partial charge in [-0.25, -0.2) is 0 Å². The molecule has 0 bridgehead atoms. The van der Waals surface area contributed by atoms with E-state index < -0.39 is 0 Å². The van der Waals surface area contributed by atoms with E-state index in [4.69, 9.17) is 0 Å². The third-order valence-corrected chi connectivity index (χ3v) is 4.75. The van der Waals surface area contributed by atoms with Gasteiger partial charge in [0, 0.05) is 23.8 Å². The van der Waals surface area contributed by atoms with Crippen LogP contribution in [0.4, 0.5) is 0 Å². The molecule has 0 saturated heterocycles. The van der Waals surface area contributed by atoms with Crippen LogP contribution < -0.4 is 0 Å². The number of unbranched alkanes of at least 4 members (excludes halogenated alkanes) is 2. The highest BCUT2D eigenvalue weighted by molar-refractivity contribution is 5.25. The highest BCUT2D eigenvalue weighted by atomic mass is 15.5. The average molecular weight is 329 g/mol. The molecule has 0 unspecified atom stereocenters. The van der Waals surface area contributed by atoms with Crippen LogP contribution in [0, 0.1) is 0 Å². The van der Waals surface area contributed by atoms with E-state index in [0.29, 0.717) is 0 Å². The SMILES string of the molecule is CCCCc1cc(CCCC)n(-n2cc(CCC)cc2CCC)c1. The molecular formula is C22H36N2. The lowest BCUT2D eigenvalue weighted by molar-refractivity contribution is 0.582. The molecule has 0 fully saturated rings. The molecule has 2 aromatic heterocycles. The highest BCUT2D eigenvalue weighted by Crippen LogP contribution is 2.19. The molecule has 0 aliphatic carbocycles. The predicted octanol–water partition coefficient (Wildman–Crippen LogP) is 6.19. The van der Waals surface area contributed by atoms with Crippen molar-refractivity contribution < 1.29 is 0 Å². The zero-order chi connectivity index (χ0) is 17.4. The van der Waals surface area contributed by atoms with E-state index in [1.807, 2.05) is 0 Å². The van der Waals surface area contributed by atoms with Gasteiger partial charge in [-0.3, -0.25) is 9.35 Å². The lowest BCUT2D eigenvalue weighted by atomic mass is 10.1. The third kappa shape index (κ3) is 4.78. The second kappa shape index (κ2) is 9.76. The van der Waals surface area contributed by atoms with Crippen molar-refractivity contribution in [3.8, 4) is 0 Å². The van der Waals surface area contributed by atoms with Crippen LogP contribution in [0.2, 0.25) is 0 Å². The van der Waals surface area contributed by atoms with Crippen LogP contribution in [0.1, 0.15) is 88.7 Å². The summed E-state index contributed by atoms with van der Waals surface area (Å²) in [4.78, 5) is 0. The van der Waals surface area contributed by atoms with Crippen molar-refractivity contribution in [1.82, 2.24) is 9.35 Å². The summed E-state index contributed by atoms with van der Waals surface area (Å²) in [5.41, 5.74) is 5.90. The number of nitrogens with zero attached hydrogens (tertiary/aromatic N) is 2. The standard InChI is InChI=1S/C22H36N2/c1-5-9-13-20-16-22(14-10-6-2)24(18-20)23-17-19(11-7-3)15-21(23)12-8-4/h15-18H,5-14H2,1-4H3. The van der Waals surface area contributed by atoms with Gasteiger partial charge in [-0.2, -0.15) is 0 Å². The van der Waals surface area contributed by atoms with Crippen LogP contribution >= 0.6 is 0 Å². The fourth-order valence-corrected chi connectivity index (χ4v) is 3.45. The monoisotopic (exact) mass is 328 g/mol. The molecule has 2 heterocycles. The molecule has 0 aliphatic rings. The molecule has 0 amide bonds. The summed E-state index contributed by atoms with van der Waals surface area (Å²) in [7, 11) is 0. The molecule has 134 valence electrons. The van der Waals surface area contributed by atoms with Crippen molar-refractivity contribution in [2.45, 2.75) is 91.9 Å². The van der Waals surface area contributed by atoms with Crippen molar-refractivity contribution in [1.29, 1.82) is 0 Å². The first-order chi connectivity index (χ1) is 11.7. The minimum Gasteiger partial charge on any atom is -0.261 e. The lowest BCUT2D eigenvalue weighted by Gasteiger charge is -2.14. The van der Waals surface area contributed by atoms with Gasteiger partial charge in [-0.05, 0) is 61.8 Å². The predicted molar refractivity (Wildman–Crippen MR) is 105 cm³/mol. The summed E-state index contributed by atoms with van der Waals surface area (Å²) >= 11 is 0. The number of aryl methyl sites for hydroxylation is 4. The fraction of sp³-hybridized carbons (Fsp3) is 0.636. The van der Waals surface area contributed by atoms with Gasteiger partial charge >= 0.3 is 0 Å². The summed E-state index contributed by atoms with van der Waals surface area (Å²) in [5.74, 6) is 0. The maximum Gasteiger partial charge on any atom is 0.0407 e. The first kappa shape index (κ1) is 18.9. The topological polar surface area (TPSA) is 9.86 Å². The normalized spacial score (nSPS) is 11.3. The first-order valence-electron chi connectivity index (χ1n) is 10.1. The molecule has 24 heavy (non-hydrogen) atoms. The average Bonchev–Trinajstić information content (AvgIpc) is 3.15. The number of rotatable bonds is 11. The van der Waals surface area contributed by atoms with Gasteiger partial charge < -0.3 is 0 Å². The Morgan fingerprint density at radius 1 is 0.583 bits per heavy atom. The Bertz CT molecular complexity index is 604.